The van der Waals surface area contributed by atoms with Gasteiger partial charge in [-0.25, -0.2) is 0 Å². The number of hydrogen-bond acceptors (Lipinski definition) is 4. The molecule has 3 rings (SSSR count). The van der Waals surface area contributed by atoms with Gasteiger partial charge in [0.2, 0.25) is 0 Å². The molecule has 23 heavy (non-hydrogen) atoms. The largest absolute Gasteiger partial charge is 0.395 e. The molecule has 1 saturated heterocycles. The Hall–Kier alpha value is -2.14. The van der Waals surface area contributed by atoms with Gasteiger partial charge >= 0.3 is 0 Å². The zero-order valence-corrected chi connectivity index (χ0v) is 13.5. The molecule has 0 bridgehead atoms. The molecule has 1 aromatic carbocycles. The molecule has 1 atom stereocenters. The highest BCUT2D eigenvalue weighted by Crippen LogP contribution is 2.34. The maximum atomic E-state index is 12.6. The van der Waals surface area contributed by atoms with E-state index in [1.807, 2.05) is 44.2 Å². The first-order chi connectivity index (χ1) is 11.1. The summed E-state index contributed by atoms with van der Waals surface area (Å²) in [5.74, 6) is 0.777. The van der Waals surface area contributed by atoms with Gasteiger partial charge in [-0.3, -0.25) is 4.79 Å². The Kier molecular flexibility index (Phi) is 4.22. The third-order valence-electron chi connectivity index (χ3n) is 4.65. The van der Waals surface area contributed by atoms with Gasteiger partial charge in [0.15, 0.2) is 5.69 Å². The van der Waals surface area contributed by atoms with E-state index in [9.17, 15) is 9.90 Å². The van der Waals surface area contributed by atoms with Crippen molar-refractivity contribution in [3.8, 4) is 0 Å². The third-order valence-corrected chi connectivity index (χ3v) is 4.65. The number of hydrogen-bond donors (Lipinski definition) is 1. The van der Waals surface area contributed by atoms with Crippen LogP contribution in [0.4, 0.5) is 0 Å². The number of likely N-dealkylation sites (tertiary alicyclic amines) is 1. The van der Waals surface area contributed by atoms with E-state index in [2.05, 4.69) is 5.16 Å². The van der Waals surface area contributed by atoms with Crippen molar-refractivity contribution in [3.05, 3.63) is 53.4 Å². The van der Waals surface area contributed by atoms with Gasteiger partial charge in [-0.15, -0.1) is 0 Å². The zero-order valence-electron chi connectivity index (χ0n) is 13.5. The molecule has 2 heterocycles. The number of aliphatic hydroxyl groups is 1. The van der Waals surface area contributed by atoms with E-state index in [0.717, 1.165) is 12.0 Å². The van der Waals surface area contributed by atoms with E-state index < -0.39 is 0 Å². The summed E-state index contributed by atoms with van der Waals surface area (Å²) in [4.78, 5) is 14.4. The van der Waals surface area contributed by atoms with Crippen molar-refractivity contribution in [1.29, 1.82) is 0 Å². The molecular weight excluding hydrogens is 292 g/mol. The second-order valence-electron chi connectivity index (χ2n) is 6.55. The molecule has 0 saturated carbocycles. The first-order valence-electron chi connectivity index (χ1n) is 7.98. The Morgan fingerprint density at radius 1 is 1.39 bits per heavy atom. The first kappa shape index (κ1) is 15.7. The number of aliphatic hydroxyl groups excluding tert-OH is 1. The molecular formula is C18H22N2O3. The fourth-order valence-electron chi connectivity index (χ4n) is 3.12. The van der Waals surface area contributed by atoms with Crippen molar-refractivity contribution in [2.24, 2.45) is 0 Å². The van der Waals surface area contributed by atoms with Gasteiger partial charge in [0, 0.05) is 30.5 Å². The number of amides is 1. The van der Waals surface area contributed by atoms with Gasteiger partial charge in [-0.05, 0) is 12.0 Å². The zero-order chi connectivity index (χ0) is 16.4. The lowest BCUT2D eigenvalue weighted by Crippen LogP contribution is -2.37. The molecule has 122 valence electrons. The topological polar surface area (TPSA) is 66.6 Å². The summed E-state index contributed by atoms with van der Waals surface area (Å²) in [6.07, 6.45) is 0.744. The van der Waals surface area contributed by atoms with Crippen LogP contribution in [0.3, 0.4) is 0 Å². The number of aromatic nitrogens is 1. The summed E-state index contributed by atoms with van der Waals surface area (Å²) in [7, 11) is 0. The highest BCUT2D eigenvalue weighted by molar-refractivity contribution is 5.92. The number of rotatable bonds is 4. The SMILES string of the molecule is CC(C)c1cc(C(=O)N2CCC(CO)(c3ccccc3)C2)no1. The highest BCUT2D eigenvalue weighted by Gasteiger charge is 2.41. The Morgan fingerprint density at radius 3 is 2.74 bits per heavy atom. The number of benzene rings is 1. The van der Waals surface area contributed by atoms with Crippen LogP contribution < -0.4 is 0 Å². The molecule has 0 spiro atoms. The lowest BCUT2D eigenvalue weighted by Gasteiger charge is -2.27. The van der Waals surface area contributed by atoms with E-state index >= 15 is 0 Å². The first-order valence-corrected chi connectivity index (χ1v) is 7.98. The van der Waals surface area contributed by atoms with E-state index in [1.54, 1.807) is 11.0 Å². The Morgan fingerprint density at radius 2 is 2.13 bits per heavy atom. The molecule has 0 aliphatic carbocycles. The molecule has 1 fully saturated rings. The van der Waals surface area contributed by atoms with E-state index in [0.29, 0.717) is 24.5 Å². The Bertz CT molecular complexity index is 681. The van der Waals surface area contributed by atoms with Crippen LogP contribution in [0, 0.1) is 0 Å². The van der Waals surface area contributed by atoms with Crippen LogP contribution in [0.5, 0.6) is 0 Å². The quantitative estimate of drug-likeness (QED) is 0.942. The van der Waals surface area contributed by atoms with E-state index in [4.69, 9.17) is 4.52 Å². The molecule has 1 aliphatic rings. The molecule has 1 aromatic heterocycles. The summed E-state index contributed by atoms with van der Waals surface area (Å²) in [6.45, 7) is 5.12. The minimum atomic E-state index is -0.387. The van der Waals surface area contributed by atoms with Crippen LogP contribution in [-0.4, -0.2) is 40.8 Å². The minimum absolute atomic E-state index is 0.0247. The maximum Gasteiger partial charge on any atom is 0.276 e. The molecule has 5 nitrogen and oxygen atoms in total. The normalized spacial score (nSPS) is 21.1. The molecule has 1 unspecified atom stereocenters. The minimum Gasteiger partial charge on any atom is -0.395 e. The van der Waals surface area contributed by atoms with Crippen LogP contribution in [-0.2, 0) is 5.41 Å². The van der Waals surface area contributed by atoms with E-state index in [1.165, 1.54) is 0 Å². The second-order valence-corrected chi connectivity index (χ2v) is 6.55. The lowest BCUT2D eigenvalue weighted by molar-refractivity contribution is 0.0763. The molecule has 1 amide bonds. The number of carbonyl (C=O) groups excluding carboxylic acids is 1. The third kappa shape index (κ3) is 2.88. The van der Waals surface area contributed by atoms with Crippen molar-refractivity contribution < 1.29 is 14.4 Å². The molecule has 5 heteroatoms. The predicted molar refractivity (Wildman–Crippen MR) is 86.3 cm³/mol. The molecule has 1 N–H and O–H groups in total. The van der Waals surface area contributed by atoms with Crippen LogP contribution in [0.15, 0.2) is 40.9 Å². The number of nitrogens with zero attached hydrogens (tertiary/aromatic N) is 2. The van der Waals surface area contributed by atoms with Gasteiger partial charge in [0.1, 0.15) is 5.76 Å². The smallest absolute Gasteiger partial charge is 0.276 e. The van der Waals surface area contributed by atoms with Gasteiger partial charge < -0.3 is 14.5 Å². The summed E-state index contributed by atoms with van der Waals surface area (Å²) >= 11 is 0. The van der Waals surface area contributed by atoms with Crippen molar-refractivity contribution in [2.75, 3.05) is 19.7 Å². The van der Waals surface area contributed by atoms with Crippen LogP contribution in [0.2, 0.25) is 0 Å². The molecule has 0 radical (unpaired) electrons. The van der Waals surface area contributed by atoms with Crippen molar-refractivity contribution in [1.82, 2.24) is 10.1 Å². The van der Waals surface area contributed by atoms with E-state index in [-0.39, 0.29) is 23.8 Å². The lowest BCUT2D eigenvalue weighted by atomic mass is 9.80. The van der Waals surface area contributed by atoms with Crippen molar-refractivity contribution in [3.63, 3.8) is 0 Å². The van der Waals surface area contributed by atoms with Crippen LogP contribution in [0.1, 0.15) is 48.0 Å². The average Bonchev–Trinajstić information content (AvgIpc) is 3.23. The standard InChI is InChI=1S/C18H22N2O3/c1-13(2)16-10-15(19-23-16)17(22)20-9-8-18(11-20,12-21)14-6-4-3-5-7-14/h3-7,10,13,21H,8-9,11-12H2,1-2H3. The van der Waals surface area contributed by atoms with Crippen LogP contribution in [0.25, 0.3) is 0 Å². The van der Waals surface area contributed by atoms with Crippen molar-refractivity contribution in [2.45, 2.75) is 31.6 Å². The summed E-state index contributed by atoms with van der Waals surface area (Å²) < 4.78 is 5.22. The maximum absolute atomic E-state index is 12.6. The fourth-order valence-corrected chi connectivity index (χ4v) is 3.12. The van der Waals surface area contributed by atoms with Crippen LogP contribution >= 0.6 is 0 Å². The number of carbonyl (C=O) groups is 1. The highest BCUT2D eigenvalue weighted by atomic mass is 16.5. The average molecular weight is 314 g/mol. The van der Waals surface area contributed by atoms with Gasteiger partial charge in [0.25, 0.3) is 5.91 Å². The summed E-state index contributed by atoms with van der Waals surface area (Å²) in [5.41, 5.74) is 1.03. The van der Waals surface area contributed by atoms with Gasteiger partial charge in [-0.1, -0.05) is 49.3 Å². The summed E-state index contributed by atoms with van der Waals surface area (Å²) in [5, 5.41) is 13.8. The molecule has 1 aliphatic heterocycles. The van der Waals surface area contributed by atoms with Crippen molar-refractivity contribution >= 4 is 5.91 Å². The monoisotopic (exact) mass is 314 g/mol. The fraction of sp³-hybridized carbons (Fsp3) is 0.444. The predicted octanol–water partition coefficient (Wildman–Crippen LogP) is 2.57. The van der Waals surface area contributed by atoms with Gasteiger partial charge in [0.05, 0.1) is 6.61 Å². The Balaban J connectivity index is 1.79. The summed E-state index contributed by atoms with van der Waals surface area (Å²) in [6, 6.07) is 11.6. The second kappa shape index (κ2) is 6.16. The van der Waals surface area contributed by atoms with Gasteiger partial charge in [-0.2, -0.15) is 0 Å². The Labute approximate surface area is 135 Å². The molecule has 2 aromatic rings.